The zero-order valence-electron chi connectivity index (χ0n) is 14.5. The fourth-order valence-electron chi connectivity index (χ4n) is 2.12. The minimum atomic E-state index is -0.837. The molecule has 0 unspecified atom stereocenters. The van der Waals surface area contributed by atoms with E-state index >= 15 is 0 Å². The zero-order chi connectivity index (χ0) is 18.4. The Kier molecular flexibility index (Phi) is 6.70. The molecule has 2 rings (SSSR count). The second kappa shape index (κ2) is 8.76. The van der Waals surface area contributed by atoms with E-state index in [0.717, 1.165) is 12.8 Å². The SMILES string of the molecule is CCOc1cc(/C=C/C(=O)O[C@@H](C)C(=O)NC2CC2)cc(Cl)c1OC. The predicted octanol–water partition coefficient (Wildman–Crippen LogP) is 2.97. The monoisotopic (exact) mass is 367 g/mol. The van der Waals surface area contributed by atoms with Crippen LogP contribution in [0.5, 0.6) is 11.5 Å². The quantitative estimate of drug-likeness (QED) is 0.564. The van der Waals surface area contributed by atoms with Gasteiger partial charge in [0, 0.05) is 12.1 Å². The number of methoxy groups -OCH3 is 1. The Balaban J connectivity index is 1.99. The van der Waals surface area contributed by atoms with Crippen LogP contribution in [-0.4, -0.2) is 37.7 Å². The molecule has 1 aromatic carbocycles. The van der Waals surface area contributed by atoms with E-state index in [1.807, 2.05) is 6.92 Å². The van der Waals surface area contributed by atoms with E-state index in [-0.39, 0.29) is 11.9 Å². The molecule has 0 aliphatic heterocycles. The summed E-state index contributed by atoms with van der Waals surface area (Å²) in [5.41, 5.74) is 0.654. The molecule has 1 aliphatic rings. The molecule has 0 heterocycles. The topological polar surface area (TPSA) is 73.9 Å². The third-order valence-electron chi connectivity index (χ3n) is 3.53. The molecule has 1 aromatic rings. The summed E-state index contributed by atoms with van der Waals surface area (Å²) in [6.07, 6.45) is 3.91. The number of ether oxygens (including phenoxy) is 3. The molecule has 1 fully saturated rings. The largest absolute Gasteiger partial charge is 0.491 e. The van der Waals surface area contributed by atoms with Crippen molar-refractivity contribution in [3.05, 3.63) is 28.8 Å². The maximum Gasteiger partial charge on any atom is 0.331 e. The van der Waals surface area contributed by atoms with Gasteiger partial charge in [0.05, 0.1) is 18.7 Å². The number of benzene rings is 1. The predicted molar refractivity (Wildman–Crippen MR) is 94.9 cm³/mol. The number of halogens is 1. The van der Waals surface area contributed by atoms with E-state index in [1.165, 1.54) is 13.2 Å². The highest BCUT2D eigenvalue weighted by atomic mass is 35.5. The van der Waals surface area contributed by atoms with Crippen LogP contribution in [0.25, 0.3) is 6.08 Å². The van der Waals surface area contributed by atoms with Crippen molar-refractivity contribution in [1.29, 1.82) is 0 Å². The van der Waals surface area contributed by atoms with Crippen LogP contribution in [0.2, 0.25) is 5.02 Å². The second-order valence-electron chi connectivity index (χ2n) is 5.66. The van der Waals surface area contributed by atoms with Gasteiger partial charge in [-0.05, 0) is 50.5 Å². The van der Waals surface area contributed by atoms with Crippen LogP contribution < -0.4 is 14.8 Å². The van der Waals surface area contributed by atoms with Crippen LogP contribution >= 0.6 is 11.6 Å². The van der Waals surface area contributed by atoms with Gasteiger partial charge in [0.1, 0.15) is 0 Å². The first kappa shape index (κ1) is 19.1. The molecular weight excluding hydrogens is 346 g/mol. The third-order valence-corrected chi connectivity index (χ3v) is 3.81. The number of rotatable bonds is 8. The van der Waals surface area contributed by atoms with Crippen LogP contribution in [0.3, 0.4) is 0 Å². The van der Waals surface area contributed by atoms with Crippen LogP contribution in [0.4, 0.5) is 0 Å². The number of hydrogen-bond acceptors (Lipinski definition) is 5. The van der Waals surface area contributed by atoms with Gasteiger partial charge < -0.3 is 19.5 Å². The van der Waals surface area contributed by atoms with Gasteiger partial charge in [-0.15, -0.1) is 0 Å². The van der Waals surface area contributed by atoms with Crippen LogP contribution in [0.15, 0.2) is 18.2 Å². The van der Waals surface area contributed by atoms with Gasteiger partial charge in [-0.3, -0.25) is 4.79 Å². The van der Waals surface area contributed by atoms with E-state index in [9.17, 15) is 9.59 Å². The van der Waals surface area contributed by atoms with Gasteiger partial charge in [0.25, 0.3) is 5.91 Å². The van der Waals surface area contributed by atoms with E-state index in [4.69, 9.17) is 25.8 Å². The summed E-state index contributed by atoms with van der Waals surface area (Å²) in [7, 11) is 1.50. The van der Waals surface area contributed by atoms with Crippen molar-refractivity contribution in [1.82, 2.24) is 5.32 Å². The molecule has 0 bridgehead atoms. The fraction of sp³-hybridized carbons (Fsp3) is 0.444. The molecular formula is C18H22ClNO5. The number of carbonyl (C=O) groups excluding carboxylic acids is 2. The molecule has 1 N–H and O–H groups in total. The molecule has 7 heteroatoms. The smallest absolute Gasteiger partial charge is 0.331 e. The summed E-state index contributed by atoms with van der Waals surface area (Å²) in [6.45, 7) is 3.84. The molecule has 1 aliphatic carbocycles. The summed E-state index contributed by atoms with van der Waals surface area (Å²) < 4.78 is 15.8. The Bertz CT molecular complexity index is 670. The number of hydrogen-bond donors (Lipinski definition) is 1. The fourth-order valence-corrected chi connectivity index (χ4v) is 2.42. The van der Waals surface area contributed by atoms with Gasteiger partial charge >= 0.3 is 5.97 Å². The molecule has 1 atom stereocenters. The average Bonchev–Trinajstić information content (AvgIpc) is 3.37. The molecule has 6 nitrogen and oxygen atoms in total. The van der Waals surface area contributed by atoms with Crippen molar-refractivity contribution in [2.45, 2.75) is 38.8 Å². The molecule has 0 radical (unpaired) electrons. The first-order chi connectivity index (χ1) is 11.9. The van der Waals surface area contributed by atoms with Crippen molar-refractivity contribution >= 4 is 29.6 Å². The number of carbonyl (C=O) groups is 2. The minimum absolute atomic E-state index is 0.225. The first-order valence-corrected chi connectivity index (χ1v) is 8.51. The van der Waals surface area contributed by atoms with Crippen LogP contribution in [-0.2, 0) is 14.3 Å². The molecule has 1 saturated carbocycles. The standard InChI is InChI=1S/C18H22ClNO5/c1-4-24-15-10-12(9-14(19)17(15)23-3)5-8-16(21)25-11(2)18(22)20-13-6-7-13/h5,8-11,13H,4,6-7H2,1-3H3,(H,20,22)/b8-5+/t11-/m0/s1. The second-order valence-corrected chi connectivity index (χ2v) is 6.07. The van der Waals surface area contributed by atoms with E-state index < -0.39 is 12.1 Å². The van der Waals surface area contributed by atoms with Gasteiger partial charge in [0.2, 0.25) is 0 Å². The van der Waals surface area contributed by atoms with Crippen LogP contribution in [0, 0.1) is 0 Å². The summed E-state index contributed by atoms with van der Waals surface area (Å²) >= 11 is 6.16. The Morgan fingerprint density at radius 1 is 1.40 bits per heavy atom. The summed E-state index contributed by atoms with van der Waals surface area (Å²) in [5, 5.41) is 3.16. The highest BCUT2D eigenvalue weighted by molar-refractivity contribution is 6.32. The highest BCUT2D eigenvalue weighted by Gasteiger charge is 2.26. The van der Waals surface area contributed by atoms with Crippen molar-refractivity contribution in [2.75, 3.05) is 13.7 Å². The van der Waals surface area contributed by atoms with Crippen molar-refractivity contribution in [3.63, 3.8) is 0 Å². The molecule has 1 amide bonds. The van der Waals surface area contributed by atoms with Gasteiger partial charge in [0.15, 0.2) is 17.6 Å². The summed E-state index contributed by atoms with van der Waals surface area (Å²) in [6, 6.07) is 3.58. The molecule has 0 aromatic heterocycles. The molecule has 136 valence electrons. The van der Waals surface area contributed by atoms with Crippen molar-refractivity contribution < 1.29 is 23.8 Å². The highest BCUT2D eigenvalue weighted by Crippen LogP contribution is 2.36. The molecule has 0 spiro atoms. The Morgan fingerprint density at radius 3 is 2.72 bits per heavy atom. The van der Waals surface area contributed by atoms with Gasteiger partial charge in [-0.2, -0.15) is 0 Å². The lowest BCUT2D eigenvalue weighted by molar-refractivity contribution is -0.150. The third kappa shape index (κ3) is 5.67. The maximum absolute atomic E-state index is 11.9. The Labute approximate surface area is 152 Å². The van der Waals surface area contributed by atoms with Gasteiger partial charge in [-0.25, -0.2) is 4.79 Å². The molecule has 25 heavy (non-hydrogen) atoms. The number of nitrogens with one attached hydrogen (secondary N) is 1. The minimum Gasteiger partial charge on any atom is -0.491 e. The average molecular weight is 368 g/mol. The lowest BCUT2D eigenvalue weighted by Gasteiger charge is -2.12. The van der Waals surface area contributed by atoms with Gasteiger partial charge in [-0.1, -0.05) is 11.6 Å². The normalized spacial score (nSPS) is 14.9. The zero-order valence-corrected chi connectivity index (χ0v) is 15.3. The van der Waals surface area contributed by atoms with Crippen molar-refractivity contribution in [2.24, 2.45) is 0 Å². The number of esters is 1. The molecule has 0 saturated heterocycles. The first-order valence-electron chi connectivity index (χ1n) is 8.14. The summed E-state index contributed by atoms with van der Waals surface area (Å²) in [4.78, 5) is 23.6. The van der Waals surface area contributed by atoms with Crippen LogP contribution in [0.1, 0.15) is 32.3 Å². The lowest BCUT2D eigenvalue weighted by Crippen LogP contribution is -2.36. The van der Waals surface area contributed by atoms with E-state index in [2.05, 4.69) is 5.32 Å². The lowest BCUT2D eigenvalue weighted by atomic mass is 10.2. The van der Waals surface area contributed by atoms with E-state index in [1.54, 1.807) is 25.1 Å². The Morgan fingerprint density at radius 2 is 2.12 bits per heavy atom. The number of amides is 1. The summed E-state index contributed by atoms with van der Waals surface area (Å²) in [5.74, 6) is 0.0371. The Hall–Kier alpha value is -2.21. The van der Waals surface area contributed by atoms with Crippen molar-refractivity contribution in [3.8, 4) is 11.5 Å². The maximum atomic E-state index is 11.9. The van der Waals surface area contributed by atoms with E-state index in [0.29, 0.717) is 28.7 Å².